The number of carbonyl (C=O) groups is 1. The fourth-order valence-electron chi connectivity index (χ4n) is 0.827. The largest absolute Gasteiger partial charge is 0.444 e. The molecule has 0 aromatic heterocycles. The van der Waals surface area contributed by atoms with Crippen LogP contribution in [0.4, 0.5) is 4.79 Å². The Morgan fingerprint density at radius 2 is 2.12 bits per heavy atom. The van der Waals surface area contributed by atoms with Gasteiger partial charge in [-0.25, -0.2) is 4.79 Å². The van der Waals surface area contributed by atoms with E-state index in [0.29, 0.717) is 13.2 Å². The van der Waals surface area contributed by atoms with Crippen LogP contribution in [0.15, 0.2) is 0 Å². The zero-order valence-corrected chi connectivity index (χ0v) is 10.2. The standard InChI is InChI=1S/C10H22N2O4/c1-10(2,3)16-9(14)12-4-5-15-7-8(13)6-11/h8,13H,4-7,11H2,1-3H3,(H,12,14). The molecule has 0 aromatic rings. The predicted octanol–water partition coefficient (Wildman–Crippen LogP) is -0.153. The van der Waals surface area contributed by atoms with E-state index in [1.807, 2.05) is 0 Å². The predicted molar refractivity (Wildman–Crippen MR) is 60.1 cm³/mol. The Morgan fingerprint density at radius 1 is 1.50 bits per heavy atom. The van der Waals surface area contributed by atoms with Crippen molar-refractivity contribution in [3.8, 4) is 0 Å². The number of amides is 1. The summed E-state index contributed by atoms with van der Waals surface area (Å²) in [6, 6.07) is 0. The first-order chi connectivity index (χ1) is 7.35. The number of nitrogens with one attached hydrogen (secondary N) is 1. The van der Waals surface area contributed by atoms with Crippen LogP contribution >= 0.6 is 0 Å². The molecule has 0 heterocycles. The van der Waals surface area contributed by atoms with Crippen molar-refractivity contribution in [1.82, 2.24) is 5.32 Å². The van der Waals surface area contributed by atoms with Crippen molar-refractivity contribution >= 4 is 6.09 Å². The molecule has 0 fully saturated rings. The van der Waals surface area contributed by atoms with Gasteiger partial charge in [-0.2, -0.15) is 0 Å². The molecule has 0 aromatic carbocycles. The van der Waals surface area contributed by atoms with Crippen LogP contribution in [0.5, 0.6) is 0 Å². The Morgan fingerprint density at radius 3 is 2.62 bits per heavy atom. The molecule has 0 radical (unpaired) electrons. The van der Waals surface area contributed by atoms with Gasteiger partial charge < -0.3 is 25.6 Å². The lowest BCUT2D eigenvalue weighted by atomic mass is 10.2. The molecular formula is C10H22N2O4. The second-order valence-electron chi connectivity index (χ2n) is 4.39. The molecule has 16 heavy (non-hydrogen) atoms. The lowest BCUT2D eigenvalue weighted by Gasteiger charge is -2.19. The summed E-state index contributed by atoms with van der Waals surface area (Å²) in [4.78, 5) is 11.2. The van der Waals surface area contributed by atoms with Crippen LogP contribution < -0.4 is 11.1 Å². The summed E-state index contributed by atoms with van der Waals surface area (Å²) in [5.74, 6) is 0. The Kier molecular flexibility index (Phi) is 7.03. The summed E-state index contributed by atoms with van der Waals surface area (Å²) < 4.78 is 10.1. The Bertz CT molecular complexity index is 203. The van der Waals surface area contributed by atoms with E-state index >= 15 is 0 Å². The molecule has 6 nitrogen and oxygen atoms in total. The van der Waals surface area contributed by atoms with Gasteiger partial charge in [0.2, 0.25) is 0 Å². The van der Waals surface area contributed by atoms with Gasteiger partial charge in [0.05, 0.1) is 19.3 Å². The molecule has 1 amide bonds. The minimum absolute atomic E-state index is 0.166. The first kappa shape index (κ1) is 15.2. The highest BCUT2D eigenvalue weighted by Crippen LogP contribution is 2.05. The van der Waals surface area contributed by atoms with Crippen LogP contribution in [-0.4, -0.2) is 49.2 Å². The number of nitrogens with two attached hydrogens (primary N) is 1. The normalized spacial score (nSPS) is 13.3. The van der Waals surface area contributed by atoms with Crippen molar-refractivity contribution in [2.75, 3.05) is 26.3 Å². The van der Waals surface area contributed by atoms with Gasteiger partial charge in [-0.05, 0) is 20.8 Å². The van der Waals surface area contributed by atoms with E-state index in [4.69, 9.17) is 20.3 Å². The SMILES string of the molecule is CC(C)(C)OC(=O)NCCOCC(O)CN. The highest BCUT2D eigenvalue weighted by atomic mass is 16.6. The second kappa shape index (κ2) is 7.43. The first-order valence-corrected chi connectivity index (χ1v) is 5.28. The number of alkyl carbamates (subject to hydrolysis) is 1. The first-order valence-electron chi connectivity index (χ1n) is 5.28. The highest BCUT2D eigenvalue weighted by molar-refractivity contribution is 5.67. The maximum atomic E-state index is 11.2. The van der Waals surface area contributed by atoms with Crippen LogP contribution in [-0.2, 0) is 9.47 Å². The third-order valence-electron chi connectivity index (χ3n) is 1.50. The van der Waals surface area contributed by atoms with E-state index in [9.17, 15) is 4.79 Å². The molecule has 0 aliphatic heterocycles. The number of hydrogen-bond donors (Lipinski definition) is 3. The Balaban J connectivity index is 3.42. The fourth-order valence-corrected chi connectivity index (χ4v) is 0.827. The fraction of sp³-hybridized carbons (Fsp3) is 0.900. The van der Waals surface area contributed by atoms with E-state index in [-0.39, 0.29) is 13.2 Å². The number of ether oxygens (including phenoxy) is 2. The van der Waals surface area contributed by atoms with Crippen LogP contribution in [0.3, 0.4) is 0 Å². The van der Waals surface area contributed by atoms with Gasteiger partial charge in [0.1, 0.15) is 5.60 Å². The van der Waals surface area contributed by atoms with Crippen molar-refractivity contribution < 1.29 is 19.4 Å². The van der Waals surface area contributed by atoms with Gasteiger partial charge in [0, 0.05) is 13.1 Å². The Labute approximate surface area is 96.1 Å². The van der Waals surface area contributed by atoms with Crippen LogP contribution in [0.25, 0.3) is 0 Å². The lowest BCUT2D eigenvalue weighted by molar-refractivity contribution is 0.0353. The van der Waals surface area contributed by atoms with Gasteiger partial charge in [-0.3, -0.25) is 0 Å². The number of aliphatic hydroxyl groups is 1. The molecule has 96 valence electrons. The molecule has 0 aliphatic carbocycles. The summed E-state index contributed by atoms with van der Waals surface area (Å²) in [7, 11) is 0. The minimum atomic E-state index is -0.651. The van der Waals surface area contributed by atoms with Gasteiger partial charge in [-0.1, -0.05) is 0 Å². The highest BCUT2D eigenvalue weighted by Gasteiger charge is 2.15. The van der Waals surface area contributed by atoms with Crippen molar-refractivity contribution in [3.63, 3.8) is 0 Å². The van der Waals surface area contributed by atoms with Gasteiger partial charge in [0.15, 0.2) is 0 Å². The summed E-state index contributed by atoms with van der Waals surface area (Å²) in [5, 5.41) is 11.6. The summed E-state index contributed by atoms with van der Waals surface area (Å²) in [6.07, 6.45) is -1.13. The van der Waals surface area contributed by atoms with E-state index in [1.165, 1.54) is 0 Å². The maximum absolute atomic E-state index is 11.2. The number of hydrogen-bond acceptors (Lipinski definition) is 5. The zero-order valence-electron chi connectivity index (χ0n) is 10.2. The molecule has 0 bridgehead atoms. The molecule has 1 atom stereocenters. The molecule has 6 heteroatoms. The Hall–Kier alpha value is -0.850. The topological polar surface area (TPSA) is 93.8 Å². The van der Waals surface area contributed by atoms with Crippen molar-refractivity contribution in [2.24, 2.45) is 5.73 Å². The molecule has 1 unspecified atom stereocenters. The molecular weight excluding hydrogens is 212 g/mol. The summed E-state index contributed by atoms with van der Waals surface area (Å²) in [5.41, 5.74) is 4.69. The average molecular weight is 234 g/mol. The smallest absolute Gasteiger partial charge is 0.407 e. The van der Waals surface area contributed by atoms with E-state index < -0.39 is 17.8 Å². The number of rotatable bonds is 6. The minimum Gasteiger partial charge on any atom is -0.444 e. The third kappa shape index (κ3) is 9.70. The van der Waals surface area contributed by atoms with E-state index in [0.717, 1.165) is 0 Å². The van der Waals surface area contributed by atoms with Crippen molar-refractivity contribution in [1.29, 1.82) is 0 Å². The second-order valence-corrected chi connectivity index (χ2v) is 4.39. The van der Waals surface area contributed by atoms with E-state index in [1.54, 1.807) is 20.8 Å². The van der Waals surface area contributed by atoms with Crippen LogP contribution in [0.2, 0.25) is 0 Å². The monoisotopic (exact) mass is 234 g/mol. The van der Waals surface area contributed by atoms with Crippen molar-refractivity contribution in [3.05, 3.63) is 0 Å². The summed E-state index contributed by atoms with van der Waals surface area (Å²) >= 11 is 0. The van der Waals surface area contributed by atoms with E-state index in [2.05, 4.69) is 5.32 Å². The van der Waals surface area contributed by atoms with Crippen molar-refractivity contribution in [2.45, 2.75) is 32.5 Å². The zero-order chi connectivity index (χ0) is 12.6. The molecule has 0 saturated heterocycles. The average Bonchev–Trinajstić information content (AvgIpc) is 2.14. The van der Waals surface area contributed by atoms with Crippen LogP contribution in [0.1, 0.15) is 20.8 Å². The van der Waals surface area contributed by atoms with Gasteiger partial charge in [0.25, 0.3) is 0 Å². The quantitative estimate of drug-likeness (QED) is 0.556. The maximum Gasteiger partial charge on any atom is 0.407 e. The molecule has 0 spiro atoms. The molecule has 0 saturated carbocycles. The third-order valence-corrected chi connectivity index (χ3v) is 1.50. The lowest BCUT2D eigenvalue weighted by Crippen LogP contribution is -2.35. The summed E-state index contributed by atoms with van der Waals surface area (Å²) in [6.45, 7) is 6.37. The van der Waals surface area contributed by atoms with Gasteiger partial charge in [-0.15, -0.1) is 0 Å². The molecule has 4 N–H and O–H groups in total. The number of carbonyl (C=O) groups excluding carboxylic acids is 1. The molecule has 0 aliphatic rings. The molecule has 0 rings (SSSR count). The van der Waals surface area contributed by atoms with Gasteiger partial charge >= 0.3 is 6.09 Å². The number of aliphatic hydroxyl groups excluding tert-OH is 1. The van der Waals surface area contributed by atoms with Crippen LogP contribution in [0, 0.1) is 0 Å².